The molecule has 1 aromatic heterocycles. The van der Waals surface area contributed by atoms with Crippen LogP contribution in [0.5, 0.6) is 0 Å². The molecule has 0 fully saturated rings. The van der Waals surface area contributed by atoms with E-state index in [9.17, 15) is 4.79 Å². The third kappa shape index (κ3) is 8.18. The van der Waals surface area contributed by atoms with Gasteiger partial charge in [-0.25, -0.2) is 4.99 Å². The summed E-state index contributed by atoms with van der Waals surface area (Å²) >= 11 is 1.72. The first-order valence-electron chi connectivity index (χ1n) is 8.54. The van der Waals surface area contributed by atoms with Crippen LogP contribution in [0.1, 0.15) is 29.3 Å². The number of guanidine groups is 1. The highest BCUT2D eigenvalue weighted by atomic mass is 127. The molecule has 0 saturated heterocycles. The van der Waals surface area contributed by atoms with Crippen LogP contribution < -0.4 is 16.0 Å². The molecular formula is C19H27IN4OS. The molecule has 1 amide bonds. The zero-order valence-electron chi connectivity index (χ0n) is 15.2. The lowest BCUT2D eigenvalue weighted by Crippen LogP contribution is -2.39. The molecule has 0 aliphatic heterocycles. The highest BCUT2D eigenvalue weighted by Crippen LogP contribution is 2.16. The van der Waals surface area contributed by atoms with Crippen LogP contribution in [0.3, 0.4) is 0 Å². The monoisotopic (exact) mass is 486 g/mol. The van der Waals surface area contributed by atoms with Gasteiger partial charge in [0.15, 0.2) is 5.96 Å². The highest BCUT2D eigenvalue weighted by Gasteiger charge is 2.04. The molecule has 1 aromatic carbocycles. The minimum atomic E-state index is 0. The Hall–Kier alpha value is -1.61. The fourth-order valence-electron chi connectivity index (χ4n) is 2.24. The van der Waals surface area contributed by atoms with Gasteiger partial charge in [0.05, 0.1) is 6.54 Å². The van der Waals surface area contributed by atoms with Gasteiger partial charge < -0.3 is 16.0 Å². The van der Waals surface area contributed by atoms with E-state index in [0.29, 0.717) is 26.1 Å². The first-order valence-corrected chi connectivity index (χ1v) is 9.42. The Morgan fingerprint density at radius 2 is 1.88 bits per heavy atom. The van der Waals surface area contributed by atoms with Crippen LogP contribution in [0.2, 0.25) is 0 Å². The van der Waals surface area contributed by atoms with Crippen LogP contribution in [-0.4, -0.2) is 25.0 Å². The lowest BCUT2D eigenvalue weighted by atomic mass is 10.2. The van der Waals surface area contributed by atoms with E-state index in [-0.39, 0.29) is 29.9 Å². The Morgan fingerprint density at radius 3 is 2.54 bits per heavy atom. The predicted octanol–water partition coefficient (Wildman–Crippen LogP) is 3.44. The molecule has 2 aromatic rings. The van der Waals surface area contributed by atoms with Crippen LogP contribution in [0.25, 0.3) is 0 Å². The largest absolute Gasteiger partial charge is 0.357 e. The summed E-state index contributed by atoms with van der Waals surface area (Å²) in [5.41, 5.74) is 2.37. The molecule has 2 rings (SSSR count). The molecule has 26 heavy (non-hydrogen) atoms. The van der Waals surface area contributed by atoms with Crippen molar-refractivity contribution in [3.05, 3.63) is 57.8 Å². The number of amides is 1. The number of nitrogens with zero attached hydrogens (tertiary/aromatic N) is 1. The number of halogens is 1. The quantitative estimate of drug-likeness (QED) is 0.304. The standard InChI is InChI=1S/C19H26N4OS.HI/c1-3-20-19(23-14-17-15(2)10-12-25-17)21-11-9-18(24)22-13-16-7-5-4-6-8-16;/h4-8,10,12H,3,9,11,13-14H2,1-2H3,(H,22,24)(H2,20,21,23);1H. The molecule has 0 radical (unpaired) electrons. The number of aryl methyl sites for hydroxylation is 1. The van der Waals surface area contributed by atoms with Crippen molar-refractivity contribution in [1.29, 1.82) is 0 Å². The van der Waals surface area contributed by atoms with Gasteiger partial charge >= 0.3 is 0 Å². The van der Waals surface area contributed by atoms with Crippen LogP contribution in [0.4, 0.5) is 0 Å². The molecule has 142 valence electrons. The van der Waals surface area contributed by atoms with Crippen molar-refractivity contribution in [3.63, 3.8) is 0 Å². The van der Waals surface area contributed by atoms with Crippen LogP contribution in [-0.2, 0) is 17.9 Å². The lowest BCUT2D eigenvalue weighted by molar-refractivity contribution is -0.121. The van der Waals surface area contributed by atoms with Crippen molar-refractivity contribution in [2.75, 3.05) is 13.1 Å². The summed E-state index contributed by atoms with van der Waals surface area (Å²) in [5.74, 6) is 0.771. The molecule has 5 nitrogen and oxygen atoms in total. The van der Waals surface area contributed by atoms with Gasteiger partial charge in [-0.05, 0) is 36.4 Å². The van der Waals surface area contributed by atoms with Gasteiger partial charge in [-0.1, -0.05) is 30.3 Å². The van der Waals surface area contributed by atoms with E-state index in [4.69, 9.17) is 0 Å². The molecule has 0 aliphatic carbocycles. The van der Waals surface area contributed by atoms with E-state index in [1.807, 2.05) is 37.3 Å². The number of carbonyl (C=O) groups excluding carboxylic acids is 1. The van der Waals surface area contributed by atoms with Gasteiger partial charge in [0, 0.05) is 30.9 Å². The average molecular weight is 486 g/mol. The normalized spacial score (nSPS) is 10.8. The fourth-order valence-corrected chi connectivity index (χ4v) is 3.07. The molecule has 0 spiro atoms. The maximum Gasteiger partial charge on any atom is 0.222 e. The Labute approximate surface area is 176 Å². The Kier molecular flexibility index (Phi) is 11.0. The summed E-state index contributed by atoms with van der Waals surface area (Å²) < 4.78 is 0. The summed E-state index contributed by atoms with van der Waals surface area (Å²) in [6, 6.07) is 12.0. The van der Waals surface area contributed by atoms with Gasteiger partial charge in [0.2, 0.25) is 5.91 Å². The number of thiophene rings is 1. The predicted molar refractivity (Wildman–Crippen MR) is 120 cm³/mol. The second-order valence-corrected chi connectivity index (χ2v) is 6.66. The Morgan fingerprint density at radius 1 is 1.12 bits per heavy atom. The summed E-state index contributed by atoms with van der Waals surface area (Å²) in [4.78, 5) is 17.8. The molecule has 0 atom stereocenters. The van der Waals surface area contributed by atoms with Crippen molar-refractivity contribution in [2.24, 2.45) is 4.99 Å². The third-order valence-electron chi connectivity index (χ3n) is 3.67. The number of hydrogen-bond donors (Lipinski definition) is 3. The van der Waals surface area contributed by atoms with Crippen molar-refractivity contribution in [2.45, 2.75) is 33.4 Å². The topological polar surface area (TPSA) is 65.5 Å². The highest BCUT2D eigenvalue weighted by molar-refractivity contribution is 14.0. The van der Waals surface area contributed by atoms with Crippen molar-refractivity contribution in [3.8, 4) is 0 Å². The first-order chi connectivity index (χ1) is 12.2. The Balaban J connectivity index is 0.00000338. The third-order valence-corrected chi connectivity index (χ3v) is 4.68. The van der Waals surface area contributed by atoms with E-state index in [1.54, 1.807) is 11.3 Å². The van der Waals surface area contributed by atoms with Gasteiger partial charge in [-0.15, -0.1) is 35.3 Å². The second kappa shape index (κ2) is 12.7. The van der Waals surface area contributed by atoms with E-state index < -0.39 is 0 Å². The second-order valence-electron chi connectivity index (χ2n) is 5.66. The summed E-state index contributed by atoms with van der Waals surface area (Å²) in [6.45, 7) is 6.68. The minimum absolute atomic E-state index is 0. The molecule has 1 heterocycles. The fraction of sp³-hybridized carbons (Fsp3) is 0.368. The maximum absolute atomic E-state index is 11.9. The number of nitrogens with one attached hydrogen (secondary N) is 3. The number of hydrogen-bond acceptors (Lipinski definition) is 3. The van der Waals surface area contributed by atoms with Crippen LogP contribution >= 0.6 is 35.3 Å². The molecule has 3 N–H and O–H groups in total. The lowest BCUT2D eigenvalue weighted by Gasteiger charge is -2.11. The SMILES string of the molecule is CCNC(=NCc1sccc1C)NCCC(=O)NCc1ccccc1.I. The molecule has 0 aliphatic rings. The summed E-state index contributed by atoms with van der Waals surface area (Å²) in [6.07, 6.45) is 0.412. The van der Waals surface area contributed by atoms with E-state index in [1.165, 1.54) is 10.4 Å². The van der Waals surface area contributed by atoms with Crippen LogP contribution in [0, 0.1) is 6.92 Å². The van der Waals surface area contributed by atoms with Gasteiger partial charge in [0.1, 0.15) is 0 Å². The molecular weight excluding hydrogens is 459 g/mol. The molecule has 7 heteroatoms. The van der Waals surface area contributed by atoms with Gasteiger partial charge in [-0.2, -0.15) is 0 Å². The zero-order chi connectivity index (χ0) is 17.9. The van der Waals surface area contributed by atoms with Crippen molar-refractivity contribution < 1.29 is 4.79 Å². The van der Waals surface area contributed by atoms with Gasteiger partial charge in [0.25, 0.3) is 0 Å². The minimum Gasteiger partial charge on any atom is -0.357 e. The molecule has 0 unspecified atom stereocenters. The first kappa shape index (κ1) is 22.4. The van der Waals surface area contributed by atoms with E-state index in [2.05, 4.69) is 39.3 Å². The smallest absolute Gasteiger partial charge is 0.222 e. The number of benzene rings is 1. The Bertz CT molecular complexity index is 688. The molecule has 0 saturated carbocycles. The van der Waals surface area contributed by atoms with Gasteiger partial charge in [-0.3, -0.25) is 4.79 Å². The average Bonchev–Trinajstić information content (AvgIpc) is 3.04. The number of carbonyl (C=O) groups is 1. The summed E-state index contributed by atoms with van der Waals surface area (Å²) in [5, 5.41) is 11.4. The zero-order valence-corrected chi connectivity index (χ0v) is 18.4. The number of rotatable bonds is 8. The van der Waals surface area contributed by atoms with E-state index >= 15 is 0 Å². The molecule has 0 bridgehead atoms. The van der Waals surface area contributed by atoms with Crippen molar-refractivity contribution >= 4 is 47.2 Å². The summed E-state index contributed by atoms with van der Waals surface area (Å²) in [7, 11) is 0. The van der Waals surface area contributed by atoms with Crippen molar-refractivity contribution in [1.82, 2.24) is 16.0 Å². The van der Waals surface area contributed by atoms with E-state index in [0.717, 1.165) is 18.1 Å². The maximum atomic E-state index is 11.9. The van der Waals surface area contributed by atoms with Crippen LogP contribution in [0.15, 0.2) is 46.8 Å². The number of aliphatic imine (C=N–C) groups is 1.